The third-order valence-electron chi connectivity index (χ3n) is 6.93. The average molecular weight is 465 g/mol. The van der Waals surface area contributed by atoms with Crippen molar-refractivity contribution in [1.82, 2.24) is 15.0 Å². The molecule has 34 heavy (non-hydrogen) atoms. The number of aryl methyl sites for hydroxylation is 1. The molecule has 0 amide bonds. The lowest BCUT2D eigenvalue weighted by Crippen LogP contribution is -2.53. The molecule has 1 aromatic carbocycles. The van der Waals surface area contributed by atoms with Gasteiger partial charge in [0.15, 0.2) is 11.6 Å². The van der Waals surface area contributed by atoms with Crippen molar-refractivity contribution in [2.45, 2.75) is 45.7 Å². The molecule has 2 unspecified atom stereocenters. The highest BCUT2D eigenvalue weighted by Gasteiger charge is 2.32. The van der Waals surface area contributed by atoms with Crippen molar-refractivity contribution in [2.24, 2.45) is 0 Å². The number of piperazine rings is 1. The Kier molecular flexibility index (Phi) is 6.06. The van der Waals surface area contributed by atoms with Crippen LogP contribution in [0.25, 0.3) is 11.3 Å². The predicted molar refractivity (Wildman–Crippen MR) is 131 cm³/mol. The number of benzene rings is 1. The molecule has 0 N–H and O–H groups in total. The van der Waals surface area contributed by atoms with Crippen LogP contribution in [-0.4, -0.2) is 53.2 Å². The molecule has 0 radical (unpaired) electrons. The van der Waals surface area contributed by atoms with Crippen molar-refractivity contribution in [2.75, 3.05) is 40.9 Å². The van der Waals surface area contributed by atoms with E-state index in [1.807, 2.05) is 17.2 Å². The van der Waals surface area contributed by atoms with Gasteiger partial charge in [0.25, 0.3) is 0 Å². The second-order valence-electron chi connectivity index (χ2n) is 9.33. The monoisotopic (exact) mass is 464 g/mol. The van der Waals surface area contributed by atoms with Crippen LogP contribution in [0.5, 0.6) is 0 Å². The van der Waals surface area contributed by atoms with E-state index in [9.17, 15) is 4.39 Å². The summed E-state index contributed by atoms with van der Waals surface area (Å²) in [6.07, 6.45) is 3.92. The number of aromatic nitrogens is 3. The van der Waals surface area contributed by atoms with Crippen LogP contribution in [0.15, 0.2) is 42.6 Å². The molecule has 178 valence electrons. The van der Waals surface area contributed by atoms with Crippen molar-refractivity contribution in [3.63, 3.8) is 0 Å². The van der Waals surface area contributed by atoms with Crippen LogP contribution in [0.3, 0.4) is 0 Å². The Morgan fingerprint density at radius 3 is 2.35 bits per heavy atom. The lowest BCUT2D eigenvalue weighted by molar-refractivity contribution is 0.521. The quantitative estimate of drug-likeness (QED) is 0.551. The summed E-state index contributed by atoms with van der Waals surface area (Å²) in [4.78, 5) is 20.4. The van der Waals surface area contributed by atoms with E-state index < -0.39 is 5.82 Å². The predicted octanol–water partition coefficient (Wildman–Crippen LogP) is 4.83. The molecule has 0 aliphatic carbocycles. The van der Waals surface area contributed by atoms with Crippen molar-refractivity contribution in [3.8, 4) is 11.3 Å². The van der Waals surface area contributed by atoms with Crippen LogP contribution in [0.2, 0.25) is 0 Å². The molecule has 2 saturated heterocycles. The number of rotatable bonds is 4. The Hall–Kier alpha value is -3.29. The Morgan fingerprint density at radius 2 is 1.68 bits per heavy atom. The highest BCUT2D eigenvalue weighted by molar-refractivity contribution is 5.67. The summed E-state index contributed by atoms with van der Waals surface area (Å²) in [5.41, 5.74) is 1.89. The second kappa shape index (κ2) is 9.16. The van der Waals surface area contributed by atoms with Gasteiger partial charge in [-0.1, -0.05) is 6.07 Å². The summed E-state index contributed by atoms with van der Waals surface area (Å²) in [6.45, 7) is 9.17. The summed E-state index contributed by atoms with van der Waals surface area (Å²) in [6, 6.07) is 10.1. The molecule has 0 bridgehead atoms. The minimum atomic E-state index is -0.462. The fourth-order valence-electron chi connectivity index (χ4n) is 5.05. The van der Waals surface area contributed by atoms with Gasteiger partial charge in [0.1, 0.15) is 17.3 Å². The standard InChI is InChI=1S/C26H30F2N6/c1-17-6-4-12-29-24(17)32-14-15-33(19(3)16-32)25-22(28)23(20-8-10-21(27)11-9-20)30-26(31-25)34-13-5-7-18(34)2/h4,6,8-12,18-19H,5,7,13-16H2,1-3H3. The fourth-order valence-corrected chi connectivity index (χ4v) is 5.05. The zero-order chi connectivity index (χ0) is 23.8. The van der Waals surface area contributed by atoms with Crippen molar-refractivity contribution in [3.05, 3.63) is 59.8 Å². The molecule has 2 aliphatic heterocycles. The van der Waals surface area contributed by atoms with Gasteiger partial charge in [-0.25, -0.2) is 18.7 Å². The van der Waals surface area contributed by atoms with Gasteiger partial charge >= 0.3 is 0 Å². The molecule has 2 aromatic heterocycles. The van der Waals surface area contributed by atoms with Gasteiger partial charge in [0.05, 0.1) is 0 Å². The molecule has 2 fully saturated rings. The van der Waals surface area contributed by atoms with Crippen LogP contribution >= 0.6 is 0 Å². The summed E-state index contributed by atoms with van der Waals surface area (Å²) < 4.78 is 29.5. The first-order valence-electron chi connectivity index (χ1n) is 12.0. The molecule has 2 atom stereocenters. The molecule has 2 aliphatic rings. The SMILES string of the molecule is Cc1cccnc1N1CCN(c2nc(N3CCCC3C)nc(-c3ccc(F)cc3)c2F)C(C)C1. The van der Waals surface area contributed by atoms with Gasteiger partial charge < -0.3 is 14.7 Å². The van der Waals surface area contributed by atoms with Crippen molar-refractivity contribution < 1.29 is 8.78 Å². The molecule has 0 spiro atoms. The largest absolute Gasteiger partial charge is 0.353 e. The van der Waals surface area contributed by atoms with E-state index in [0.29, 0.717) is 43.0 Å². The highest BCUT2D eigenvalue weighted by atomic mass is 19.1. The zero-order valence-corrected chi connectivity index (χ0v) is 19.9. The number of halogens is 2. The lowest BCUT2D eigenvalue weighted by atomic mass is 10.1. The Morgan fingerprint density at radius 1 is 0.882 bits per heavy atom. The van der Waals surface area contributed by atoms with E-state index in [0.717, 1.165) is 30.8 Å². The normalized spacial score (nSPS) is 20.8. The van der Waals surface area contributed by atoms with E-state index in [2.05, 4.69) is 46.6 Å². The molecule has 3 aromatic rings. The van der Waals surface area contributed by atoms with Gasteiger partial charge in [-0.15, -0.1) is 0 Å². The minimum absolute atomic E-state index is 0.0180. The van der Waals surface area contributed by atoms with Crippen LogP contribution in [-0.2, 0) is 0 Å². The zero-order valence-electron chi connectivity index (χ0n) is 19.9. The molecule has 5 rings (SSSR count). The molecule has 6 nitrogen and oxygen atoms in total. The number of nitrogens with zero attached hydrogens (tertiary/aromatic N) is 6. The molecule has 4 heterocycles. The van der Waals surface area contributed by atoms with Gasteiger partial charge in [-0.3, -0.25) is 0 Å². The second-order valence-corrected chi connectivity index (χ2v) is 9.33. The third kappa shape index (κ3) is 4.17. The maximum Gasteiger partial charge on any atom is 0.228 e. The van der Waals surface area contributed by atoms with E-state index in [1.165, 1.54) is 12.1 Å². The average Bonchev–Trinajstić information content (AvgIpc) is 3.26. The minimum Gasteiger partial charge on any atom is -0.353 e. The van der Waals surface area contributed by atoms with Crippen LogP contribution in [0.4, 0.5) is 26.4 Å². The molecule has 8 heteroatoms. The number of hydrogen-bond acceptors (Lipinski definition) is 6. The summed E-state index contributed by atoms with van der Waals surface area (Å²) >= 11 is 0. The van der Waals surface area contributed by atoms with E-state index in [-0.39, 0.29) is 17.6 Å². The van der Waals surface area contributed by atoms with Crippen LogP contribution in [0, 0.1) is 18.6 Å². The molecular weight excluding hydrogens is 434 g/mol. The van der Waals surface area contributed by atoms with E-state index in [1.54, 1.807) is 12.1 Å². The maximum absolute atomic E-state index is 16.0. The Bertz CT molecular complexity index is 1170. The smallest absolute Gasteiger partial charge is 0.228 e. The topological polar surface area (TPSA) is 48.4 Å². The Balaban J connectivity index is 1.52. The van der Waals surface area contributed by atoms with Crippen LogP contribution < -0.4 is 14.7 Å². The van der Waals surface area contributed by atoms with Gasteiger partial charge in [-0.2, -0.15) is 4.98 Å². The number of anilines is 3. The van der Waals surface area contributed by atoms with Gasteiger partial charge in [-0.05, 0) is 69.5 Å². The third-order valence-corrected chi connectivity index (χ3v) is 6.93. The molecule has 0 saturated carbocycles. The first-order chi connectivity index (χ1) is 16.4. The Labute approximate surface area is 199 Å². The van der Waals surface area contributed by atoms with Crippen LogP contribution in [0.1, 0.15) is 32.3 Å². The molecular formula is C26H30F2N6. The summed E-state index contributed by atoms with van der Waals surface area (Å²) in [7, 11) is 0. The fraction of sp³-hybridized carbons (Fsp3) is 0.423. The first-order valence-corrected chi connectivity index (χ1v) is 12.0. The van der Waals surface area contributed by atoms with Crippen molar-refractivity contribution in [1.29, 1.82) is 0 Å². The van der Waals surface area contributed by atoms with E-state index in [4.69, 9.17) is 4.98 Å². The lowest BCUT2D eigenvalue weighted by Gasteiger charge is -2.41. The van der Waals surface area contributed by atoms with Crippen molar-refractivity contribution >= 4 is 17.6 Å². The number of pyridine rings is 1. The maximum atomic E-state index is 16.0. The van der Waals surface area contributed by atoms with Gasteiger partial charge in [0.2, 0.25) is 5.95 Å². The first kappa shape index (κ1) is 22.5. The highest BCUT2D eigenvalue weighted by Crippen LogP contribution is 2.34. The van der Waals surface area contributed by atoms with E-state index >= 15 is 4.39 Å². The summed E-state index contributed by atoms with van der Waals surface area (Å²) in [5, 5.41) is 0. The number of hydrogen-bond donors (Lipinski definition) is 0. The summed E-state index contributed by atoms with van der Waals surface area (Å²) in [5.74, 6) is 0.998. The van der Waals surface area contributed by atoms with Gasteiger partial charge in [0, 0.05) is 50.0 Å².